The van der Waals surface area contributed by atoms with Crippen molar-refractivity contribution in [2.75, 3.05) is 0 Å². The molecule has 0 aliphatic rings. The zero-order valence-corrected chi connectivity index (χ0v) is 17.6. The van der Waals surface area contributed by atoms with Crippen LogP contribution < -0.4 is 5.32 Å². The number of carbonyl (C=O) groups excluding carboxylic acids is 2. The number of rotatable bonds is 4. The van der Waals surface area contributed by atoms with E-state index in [1.165, 1.54) is 4.57 Å². The Labute approximate surface area is 169 Å². The van der Waals surface area contributed by atoms with Crippen molar-refractivity contribution in [2.45, 2.75) is 65.2 Å². The normalized spacial score (nSPS) is 13.0. The van der Waals surface area contributed by atoms with Crippen LogP contribution in [0.25, 0.3) is 10.9 Å². The number of benzene rings is 1. The fourth-order valence-electron chi connectivity index (χ4n) is 2.67. The van der Waals surface area contributed by atoms with E-state index in [0.717, 1.165) is 5.39 Å². The summed E-state index contributed by atoms with van der Waals surface area (Å²) >= 11 is 0. The lowest BCUT2D eigenvalue weighted by molar-refractivity contribution is -0.139. The van der Waals surface area contributed by atoms with Gasteiger partial charge in [0.25, 0.3) is 0 Å². The van der Waals surface area contributed by atoms with Crippen LogP contribution in [0, 0.1) is 0 Å². The lowest BCUT2D eigenvalue weighted by Crippen LogP contribution is -2.44. The Bertz CT molecular complexity index is 917. The molecule has 1 atom stereocenters. The number of carboxylic acid groups (broad SMARTS) is 1. The molecule has 2 N–H and O–H groups in total. The monoisotopic (exact) mass is 404 g/mol. The molecular weight excluding hydrogens is 376 g/mol. The molecular formula is C21H28N2O6. The summed E-state index contributed by atoms with van der Waals surface area (Å²) in [5.41, 5.74) is 0.00426. The number of aliphatic carboxylic acids is 1. The van der Waals surface area contributed by atoms with Crippen molar-refractivity contribution in [2.24, 2.45) is 0 Å². The van der Waals surface area contributed by atoms with Gasteiger partial charge in [0, 0.05) is 18.0 Å². The number of hydrogen-bond donors (Lipinski definition) is 2. The van der Waals surface area contributed by atoms with E-state index in [9.17, 15) is 19.5 Å². The van der Waals surface area contributed by atoms with Gasteiger partial charge in [-0.1, -0.05) is 6.07 Å². The van der Waals surface area contributed by atoms with E-state index in [4.69, 9.17) is 9.47 Å². The number of nitrogens with one attached hydrogen (secondary N) is 1. The van der Waals surface area contributed by atoms with Crippen molar-refractivity contribution in [3.05, 3.63) is 36.0 Å². The zero-order valence-electron chi connectivity index (χ0n) is 17.6. The molecule has 0 fully saturated rings. The molecule has 0 radical (unpaired) electrons. The van der Waals surface area contributed by atoms with Gasteiger partial charge < -0.3 is 19.9 Å². The second-order valence-electron chi connectivity index (χ2n) is 8.80. The molecule has 0 spiro atoms. The number of alkyl carbamates (subject to hydrolysis) is 1. The third-order valence-electron chi connectivity index (χ3n) is 3.77. The SMILES string of the molecule is CC(C)(C)OC(=O)N[C@H](Cc1ccc2c(ccn2C(=O)OC(C)(C)C)c1)C(=O)O. The van der Waals surface area contributed by atoms with Crippen LogP contribution >= 0.6 is 0 Å². The van der Waals surface area contributed by atoms with E-state index >= 15 is 0 Å². The second-order valence-corrected chi connectivity index (χ2v) is 8.80. The summed E-state index contributed by atoms with van der Waals surface area (Å²) in [5, 5.41) is 12.6. The van der Waals surface area contributed by atoms with Gasteiger partial charge in [0.2, 0.25) is 0 Å². The van der Waals surface area contributed by atoms with Gasteiger partial charge in [-0.05, 0) is 65.3 Å². The summed E-state index contributed by atoms with van der Waals surface area (Å²) in [7, 11) is 0. The van der Waals surface area contributed by atoms with E-state index in [0.29, 0.717) is 11.1 Å². The van der Waals surface area contributed by atoms with Gasteiger partial charge in [-0.3, -0.25) is 4.57 Å². The average Bonchev–Trinajstić information content (AvgIpc) is 2.94. The standard InChI is InChI=1S/C21H28N2O6/c1-20(2,3)28-18(26)22-15(17(24)25)12-13-7-8-16-14(11-13)9-10-23(16)19(27)29-21(4,5)6/h7-11,15H,12H2,1-6H3,(H,22,26)(H,24,25)/t15-/m1/s1. The minimum Gasteiger partial charge on any atom is -0.480 e. The molecule has 0 aliphatic carbocycles. The van der Waals surface area contributed by atoms with Crippen LogP contribution in [-0.2, 0) is 20.7 Å². The maximum absolute atomic E-state index is 12.3. The Hall–Kier alpha value is -3.03. The average molecular weight is 404 g/mol. The third kappa shape index (κ3) is 6.51. The van der Waals surface area contributed by atoms with Gasteiger partial charge in [0.15, 0.2) is 0 Å². The predicted octanol–water partition coefficient (Wildman–Crippen LogP) is 3.94. The number of amides is 1. The number of carbonyl (C=O) groups is 3. The number of ether oxygens (including phenoxy) is 2. The van der Waals surface area contributed by atoms with Crippen LogP contribution in [0.4, 0.5) is 9.59 Å². The summed E-state index contributed by atoms with van der Waals surface area (Å²) in [6, 6.07) is 5.83. The van der Waals surface area contributed by atoms with Crippen LogP contribution in [-0.4, -0.2) is 45.1 Å². The second kappa shape index (κ2) is 8.14. The molecule has 158 valence electrons. The number of fused-ring (bicyclic) bond motifs is 1. The topological polar surface area (TPSA) is 107 Å². The maximum Gasteiger partial charge on any atom is 0.418 e. The van der Waals surface area contributed by atoms with Gasteiger partial charge in [0.05, 0.1) is 5.52 Å². The molecule has 1 aromatic heterocycles. The van der Waals surface area contributed by atoms with Crippen LogP contribution in [0.15, 0.2) is 30.5 Å². The minimum atomic E-state index is -1.16. The largest absolute Gasteiger partial charge is 0.480 e. The first-order valence-corrected chi connectivity index (χ1v) is 9.31. The Balaban J connectivity index is 2.18. The molecule has 0 aliphatic heterocycles. The zero-order chi connectivity index (χ0) is 22.0. The number of nitrogens with zero attached hydrogens (tertiary/aromatic N) is 1. The Morgan fingerprint density at radius 1 is 1.03 bits per heavy atom. The van der Waals surface area contributed by atoms with Gasteiger partial charge in [0.1, 0.15) is 17.2 Å². The summed E-state index contributed by atoms with van der Waals surface area (Å²) in [4.78, 5) is 35.8. The summed E-state index contributed by atoms with van der Waals surface area (Å²) in [5.74, 6) is -1.16. The first-order chi connectivity index (χ1) is 13.2. The first-order valence-electron chi connectivity index (χ1n) is 9.31. The van der Waals surface area contributed by atoms with Crippen LogP contribution in [0.3, 0.4) is 0 Å². The third-order valence-corrected chi connectivity index (χ3v) is 3.77. The highest BCUT2D eigenvalue weighted by molar-refractivity contribution is 5.90. The molecule has 8 heteroatoms. The molecule has 0 unspecified atom stereocenters. The van der Waals surface area contributed by atoms with Crippen molar-refractivity contribution >= 4 is 29.1 Å². The molecule has 0 saturated heterocycles. The lowest BCUT2D eigenvalue weighted by atomic mass is 10.0. The van der Waals surface area contributed by atoms with E-state index in [1.807, 2.05) is 0 Å². The first kappa shape index (κ1) is 22.3. The minimum absolute atomic E-state index is 0.0716. The van der Waals surface area contributed by atoms with E-state index in [1.54, 1.807) is 72.0 Å². The van der Waals surface area contributed by atoms with Crippen molar-refractivity contribution in [3.63, 3.8) is 0 Å². The van der Waals surface area contributed by atoms with Gasteiger partial charge in [-0.2, -0.15) is 0 Å². The van der Waals surface area contributed by atoms with Gasteiger partial charge in [-0.15, -0.1) is 0 Å². The highest BCUT2D eigenvalue weighted by Crippen LogP contribution is 2.20. The lowest BCUT2D eigenvalue weighted by Gasteiger charge is -2.22. The smallest absolute Gasteiger partial charge is 0.418 e. The Kier molecular flexibility index (Phi) is 6.25. The molecule has 0 bridgehead atoms. The van der Waals surface area contributed by atoms with Crippen molar-refractivity contribution in [1.82, 2.24) is 9.88 Å². The predicted molar refractivity (Wildman–Crippen MR) is 108 cm³/mol. The van der Waals surface area contributed by atoms with Crippen LogP contribution in [0.2, 0.25) is 0 Å². The molecule has 2 rings (SSSR count). The van der Waals surface area contributed by atoms with E-state index in [2.05, 4.69) is 5.32 Å². The van der Waals surface area contributed by atoms with Crippen LogP contribution in [0.1, 0.15) is 47.1 Å². The molecule has 0 saturated carbocycles. The fraction of sp³-hybridized carbons (Fsp3) is 0.476. The summed E-state index contributed by atoms with van der Waals surface area (Å²) < 4.78 is 11.9. The highest BCUT2D eigenvalue weighted by Gasteiger charge is 2.25. The quantitative estimate of drug-likeness (QED) is 0.799. The Morgan fingerprint density at radius 2 is 1.66 bits per heavy atom. The molecule has 2 aromatic rings. The maximum atomic E-state index is 12.3. The molecule has 8 nitrogen and oxygen atoms in total. The molecule has 1 aromatic carbocycles. The molecule has 1 heterocycles. The van der Waals surface area contributed by atoms with Gasteiger partial charge in [-0.25, -0.2) is 14.4 Å². The van der Waals surface area contributed by atoms with E-state index < -0.39 is 35.4 Å². The Morgan fingerprint density at radius 3 is 2.21 bits per heavy atom. The summed E-state index contributed by atoms with van der Waals surface area (Å²) in [6.45, 7) is 10.5. The molecule has 1 amide bonds. The van der Waals surface area contributed by atoms with Crippen molar-refractivity contribution in [1.29, 1.82) is 0 Å². The fourth-order valence-corrected chi connectivity index (χ4v) is 2.67. The number of hydrogen-bond acceptors (Lipinski definition) is 5. The number of carboxylic acids is 1. The molecule has 29 heavy (non-hydrogen) atoms. The van der Waals surface area contributed by atoms with Crippen LogP contribution in [0.5, 0.6) is 0 Å². The number of aromatic nitrogens is 1. The van der Waals surface area contributed by atoms with E-state index in [-0.39, 0.29) is 6.42 Å². The van der Waals surface area contributed by atoms with Gasteiger partial charge >= 0.3 is 18.2 Å². The van der Waals surface area contributed by atoms with Crippen molar-refractivity contribution < 1.29 is 29.0 Å². The highest BCUT2D eigenvalue weighted by atomic mass is 16.6. The van der Waals surface area contributed by atoms with Crippen molar-refractivity contribution in [3.8, 4) is 0 Å². The summed E-state index contributed by atoms with van der Waals surface area (Å²) in [6.07, 6.45) is 0.399.